The number of carbonyl (C=O) groups is 1. The summed E-state index contributed by atoms with van der Waals surface area (Å²) in [7, 11) is -3.75. The van der Waals surface area contributed by atoms with E-state index < -0.39 is 10.0 Å². The molecule has 0 aliphatic carbocycles. The third-order valence-corrected chi connectivity index (χ3v) is 7.57. The molecule has 0 spiro atoms. The highest BCUT2D eigenvalue weighted by atomic mass is 32.2. The van der Waals surface area contributed by atoms with Crippen LogP contribution in [-0.2, 0) is 10.0 Å². The lowest BCUT2D eigenvalue weighted by Gasteiger charge is -2.10. The van der Waals surface area contributed by atoms with Crippen molar-refractivity contribution in [3.63, 3.8) is 0 Å². The molecule has 2 N–H and O–H groups in total. The number of hydrogen-bond acceptors (Lipinski definition) is 5. The maximum absolute atomic E-state index is 12.9. The predicted molar refractivity (Wildman–Crippen MR) is 137 cm³/mol. The second-order valence-electron chi connectivity index (χ2n) is 7.52. The van der Waals surface area contributed by atoms with Crippen molar-refractivity contribution >= 4 is 48.9 Å². The minimum Gasteiger partial charge on any atom is -0.322 e. The van der Waals surface area contributed by atoms with Crippen LogP contribution in [0.1, 0.15) is 10.4 Å². The van der Waals surface area contributed by atoms with Gasteiger partial charge in [0.1, 0.15) is 5.01 Å². The van der Waals surface area contributed by atoms with Gasteiger partial charge >= 0.3 is 0 Å². The standard InChI is InChI=1S/C26H19N3O3S2/c30-25(18-8-6-11-21(16-18)29-34(31,32)22-12-2-1-3-13-22)27-20-10-7-9-19(17-20)26-28-23-14-4-5-15-24(23)33-26/h1-17,29H,(H,27,30). The highest BCUT2D eigenvalue weighted by Gasteiger charge is 2.15. The number of fused-ring (bicyclic) bond motifs is 1. The van der Waals surface area contributed by atoms with Crippen molar-refractivity contribution in [2.45, 2.75) is 4.90 Å². The molecule has 0 unspecified atom stereocenters. The van der Waals surface area contributed by atoms with Gasteiger partial charge in [-0.25, -0.2) is 13.4 Å². The Balaban J connectivity index is 1.34. The number of sulfonamides is 1. The van der Waals surface area contributed by atoms with Gasteiger partial charge in [-0.15, -0.1) is 11.3 Å². The van der Waals surface area contributed by atoms with Gasteiger partial charge in [0.05, 0.1) is 15.1 Å². The number of nitrogens with one attached hydrogen (secondary N) is 2. The van der Waals surface area contributed by atoms with E-state index in [9.17, 15) is 13.2 Å². The summed E-state index contributed by atoms with van der Waals surface area (Å²) in [5.41, 5.74) is 3.10. The zero-order valence-electron chi connectivity index (χ0n) is 17.8. The molecule has 4 aromatic carbocycles. The van der Waals surface area contributed by atoms with E-state index in [0.29, 0.717) is 16.9 Å². The van der Waals surface area contributed by atoms with Crippen molar-refractivity contribution < 1.29 is 13.2 Å². The number of nitrogens with zero attached hydrogens (tertiary/aromatic N) is 1. The van der Waals surface area contributed by atoms with Crippen LogP contribution < -0.4 is 10.0 Å². The van der Waals surface area contributed by atoms with Gasteiger partial charge < -0.3 is 5.32 Å². The molecule has 1 amide bonds. The molecule has 0 aliphatic heterocycles. The summed E-state index contributed by atoms with van der Waals surface area (Å²) in [6.45, 7) is 0. The average Bonchev–Trinajstić information content (AvgIpc) is 3.29. The Morgan fingerprint density at radius 3 is 2.32 bits per heavy atom. The summed E-state index contributed by atoms with van der Waals surface area (Å²) in [5.74, 6) is -0.345. The Morgan fingerprint density at radius 2 is 1.50 bits per heavy atom. The highest BCUT2D eigenvalue weighted by molar-refractivity contribution is 7.92. The van der Waals surface area contributed by atoms with Crippen molar-refractivity contribution in [2.75, 3.05) is 10.0 Å². The Morgan fingerprint density at radius 1 is 0.765 bits per heavy atom. The Labute approximate surface area is 201 Å². The van der Waals surface area contributed by atoms with Gasteiger partial charge in [-0.2, -0.15) is 0 Å². The monoisotopic (exact) mass is 485 g/mol. The van der Waals surface area contributed by atoms with Crippen LogP contribution in [0.15, 0.2) is 108 Å². The average molecular weight is 486 g/mol. The van der Waals surface area contributed by atoms with Gasteiger partial charge in [-0.3, -0.25) is 9.52 Å². The van der Waals surface area contributed by atoms with Gasteiger partial charge in [0.2, 0.25) is 0 Å². The maximum Gasteiger partial charge on any atom is 0.261 e. The maximum atomic E-state index is 12.9. The first kappa shape index (κ1) is 21.8. The van der Waals surface area contributed by atoms with Gasteiger partial charge in [0.15, 0.2) is 0 Å². The molecule has 6 nitrogen and oxygen atoms in total. The lowest BCUT2D eigenvalue weighted by atomic mass is 10.1. The second-order valence-corrected chi connectivity index (χ2v) is 10.2. The van der Waals surface area contributed by atoms with E-state index in [1.54, 1.807) is 53.8 Å². The number of hydrogen-bond donors (Lipinski definition) is 2. The fraction of sp³-hybridized carbons (Fsp3) is 0. The van der Waals surface area contributed by atoms with E-state index in [2.05, 4.69) is 15.0 Å². The number of aromatic nitrogens is 1. The molecule has 0 radical (unpaired) electrons. The summed E-state index contributed by atoms with van der Waals surface area (Å²) in [5, 5.41) is 3.75. The summed E-state index contributed by atoms with van der Waals surface area (Å²) < 4.78 is 28.8. The molecule has 5 rings (SSSR count). The van der Waals surface area contributed by atoms with Crippen LogP contribution in [0.5, 0.6) is 0 Å². The highest BCUT2D eigenvalue weighted by Crippen LogP contribution is 2.31. The molecular formula is C26H19N3O3S2. The fourth-order valence-electron chi connectivity index (χ4n) is 3.47. The van der Waals surface area contributed by atoms with Crippen LogP contribution in [0.4, 0.5) is 11.4 Å². The normalized spacial score (nSPS) is 11.3. The molecule has 0 saturated carbocycles. The van der Waals surface area contributed by atoms with Crippen LogP contribution in [-0.4, -0.2) is 19.3 Å². The Bertz CT molecular complexity index is 1560. The smallest absolute Gasteiger partial charge is 0.261 e. The van der Waals surface area contributed by atoms with Crippen molar-refractivity contribution in [3.8, 4) is 10.6 Å². The Kier molecular flexibility index (Phi) is 5.83. The van der Waals surface area contributed by atoms with Crippen LogP contribution in [0.2, 0.25) is 0 Å². The molecule has 1 aromatic heterocycles. The van der Waals surface area contributed by atoms with Crippen molar-refractivity contribution in [2.24, 2.45) is 0 Å². The Hall–Kier alpha value is -4.01. The molecule has 5 aromatic rings. The van der Waals surface area contributed by atoms with E-state index in [1.807, 2.05) is 42.5 Å². The number of para-hydroxylation sites is 1. The van der Waals surface area contributed by atoms with Crippen LogP contribution >= 0.6 is 11.3 Å². The second kappa shape index (κ2) is 9.09. The van der Waals surface area contributed by atoms with Crippen molar-refractivity contribution in [1.29, 1.82) is 0 Å². The number of benzene rings is 4. The zero-order valence-corrected chi connectivity index (χ0v) is 19.4. The summed E-state index contributed by atoms with van der Waals surface area (Å²) >= 11 is 1.59. The van der Waals surface area contributed by atoms with Crippen LogP contribution in [0, 0.1) is 0 Å². The van der Waals surface area contributed by atoms with E-state index in [-0.39, 0.29) is 10.8 Å². The molecule has 0 aliphatic rings. The molecule has 0 atom stereocenters. The van der Waals surface area contributed by atoms with Crippen LogP contribution in [0.25, 0.3) is 20.8 Å². The molecule has 0 bridgehead atoms. The van der Waals surface area contributed by atoms with E-state index >= 15 is 0 Å². The van der Waals surface area contributed by atoms with E-state index in [1.165, 1.54) is 18.2 Å². The lowest BCUT2D eigenvalue weighted by molar-refractivity contribution is 0.102. The SMILES string of the molecule is O=C(Nc1cccc(-c2nc3ccccc3s2)c1)c1cccc(NS(=O)(=O)c2ccccc2)c1. The molecule has 168 valence electrons. The molecule has 0 saturated heterocycles. The number of rotatable bonds is 6. The zero-order chi connectivity index (χ0) is 23.5. The molecule has 34 heavy (non-hydrogen) atoms. The van der Waals surface area contributed by atoms with E-state index in [0.717, 1.165) is 20.8 Å². The lowest BCUT2D eigenvalue weighted by Crippen LogP contribution is -2.15. The largest absolute Gasteiger partial charge is 0.322 e. The van der Waals surface area contributed by atoms with Gasteiger partial charge in [-0.05, 0) is 54.6 Å². The molecular weight excluding hydrogens is 466 g/mol. The van der Waals surface area contributed by atoms with E-state index in [4.69, 9.17) is 0 Å². The number of amides is 1. The summed E-state index contributed by atoms with van der Waals surface area (Å²) in [4.78, 5) is 17.7. The topological polar surface area (TPSA) is 88.2 Å². The number of thiazole rings is 1. The van der Waals surface area contributed by atoms with Gasteiger partial charge in [0, 0.05) is 22.5 Å². The third kappa shape index (κ3) is 4.68. The first-order valence-electron chi connectivity index (χ1n) is 10.4. The van der Waals surface area contributed by atoms with Crippen LogP contribution in [0.3, 0.4) is 0 Å². The predicted octanol–water partition coefficient (Wildman–Crippen LogP) is 6.02. The fourth-order valence-corrected chi connectivity index (χ4v) is 5.50. The third-order valence-electron chi connectivity index (χ3n) is 5.09. The van der Waals surface area contributed by atoms with Gasteiger partial charge in [0.25, 0.3) is 15.9 Å². The molecule has 0 fully saturated rings. The summed E-state index contributed by atoms with van der Waals surface area (Å²) in [6, 6.07) is 29.9. The van der Waals surface area contributed by atoms with Crippen molar-refractivity contribution in [3.05, 3.63) is 109 Å². The van der Waals surface area contributed by atoms with Gasteiger partial charge in [-0.1, -0.05) is 48.5 Å². The quantitative estimate of drug-likeness (QED) is 0.308. The number of carbonyl (C=O) groups excluding carboxylic acids is 1. The molecule has 1 heterocycles. The van der Waals surface area contributed by atoms with Crippen molar-refractivity contribution in [1.82, 2.24) is 4.98 Å². The number of anilines is 2. The minimum atomic E-state index is -3.75. The first-order valence-corrected chi connectivity index (χ1v) is 12.7. The summed E-state index contributed by atoms with van der Waals surface area (Å²) in [6.07, 6.45) is 0. The minimum absolute atomic E-state index is 0.150. The molecule has 8 heteroatoms. The first-order chi connectivity index (χ1) is 16.5.